The molecular weight excluding hydrogens is 543 g/mol. The van der Waals surface area contributed by atoms with E-state index in [4.69, 9.17) is 14.5 Å². The molecule has 3 rings (SSSR count). The number of benzene rings is 2. The van der Waals surface area contributed by atoms with Gasteiger partial charge >= 0.3 is 6.61 Å². The number of para-hydroxylation sites is 1. The van der Waals surface area contributed by atoms with Gasteiger partial charge < -0.3 is 24.4 Å². The number of methoxy groups -OCH3 is 1. The summed E-state index contributed by atoms with van der Waals surface area (Å²) in [5.41, 5.74) is 0.857. The Balaban J connectivity index is 0.00000385. The van der Waals surface area contributed by atoms with E-state index < -0.39 is 6.61 Å². The highest BCUT2D eigenvalue weighted by molar-refractivity contribution is 14.0. The average molecular weight is 575 g/mol. The topological polar surface area (TPSA) is 55.3 Å². The minimum Gasteiger partial charge on any atom is -0.493 e. The van der Waals surface area contributed by atoms with E-state index in [1.54, 1.807) is 12.1 Å². The van der Waals surface area contributed by atoms with Crippen LogP contribution in [0.3, 0.4) is 0 Å². The Bertz CT molecular complexity index is 863. The molecule has 33 heavy (non-hydrogen) atoms. The Hall–Kier alpha value is -2.30. The van der Waals surface area contributed by atoms with E-state index in [0.717, 1.165) is 49.7 Å². The van der Waals surface area contributed by atoms with Gasteiger partial charge in [0.2, 0.25) is 0 Å². The van der Waals surface area contributed by atoms with Crippen LogP contribution in [0.25, 0.3) is 0 Å². The fourth-order valence-corrected chi connectivity index (χ4v) is 3.66. The zero-order valence-electron chi connectivity index (χ0n) is 19.0. The molecule has 0 radical (unpaired) electrons. The summed E-state index contributed by atoms with van der Waals surface area (Å²) in [6.45, 7) is 2.16. The quantitative estimate of drug-likeness (QED) is 0.260. The highest BCUT2D eigenvalue weighted by Gasteiger charge is 2.22. The molecule has 0 bridgehead atoms. The van der Waals surface area contributed by atoms with Crippen molar-refractivity contribution in [3.63, 3.8) is 0 Å². The predicted octanol–water partition coefficient (Wildman–Crippen LogP) is 4.97. The van der Waals surface area contributed by atoms with E-state index >= 15 is 0 Å². The second-order valence-electron chi connectivity index (χ2n) is 7.47. The van der Waals surface area contributed by atoms with Crippen LogP contribution < -0.4 is 19.5 Å². The van der Waals surface area contributed by atoms with Gasteiger partial charge in [0.05, 0.1) is 7.11 Å². The van der Waals surface area contributed by atoms with Crippen molar-refractivity contribution >= 4 is 29.9 Å². The molecule has 6 nitrogen and oxygen atoms in total. The van der Waals surface area contributed by atoms with Crippen LogP contribution in [0.2, 0.25) is 0 Å². The molecule has 1 aliphatic heterocycles. The molecule has 1 N–H and O–H groups in total. The molecule has 0 amide bonds. The van der Waals surface area contributed by atoms with E-state index in [1.807, 2.05) is 43.3 Å². The van der Waals surface area contributed by atoms with Crippen molar-refractivity contribution in [2.75, 3.05) is 33.3 Å². The number of halogens is 3. The Morgan fingerprint density at radius 3 is 2.48 bits per heavy atom. The number of hydrogen-bond acceptors (Lipinski definition) is 4. The van der Waals surface area contributed by atoms with Gasteiger partial charge in [-0.1, -0.05) is 24.3 Å². The molecule has 2 aromatic carbocycles. The molecular formula is C24H32F2IN3O3. The van der Waals surface area contributed by atoms with Crippen molar-refractivity contribution in [3.05, 3.63) is 54.1 Å². The number of nitrogens with one attached hydrogen (secondary N) is 1. The van der Waals surface area contributed by atoms with Crippen LogP contribution in [0.4, 0.5) is 8.78 Å². The standard InChI is InChI=1S/C24H31F2N3O3.HI/c1-3-27-24(29-15-12-20(13-16-29)31-19-7-5-4-6-8-19)28-14-11-18-9-10-21(30-2)22(17-18)32-23(25)26;/h4-10,17,20,23H,3,11-16H2,1-2H3,(H,27,28);1H. The van der Waals surface area contributed by atoms with Crippen molar-refractivity contribution in [1.82, 2.24) is 10.2 Å². The maximum absolute atomic E-state index is 12.6. The van der Waals surface area contributed by atoms with Gasteiger partial charge in [-0.2, -0.15) is 8.78 Å². The molecule has 0 unspecified atom stereocenters. The molecule has 0 saturated carbocycles. The number of rotatable bonds is 9. The van der Waals surface area contributed by atoms with Crippen LogP contribution in [-0.4, -0.2) is 56.9 Å². The van der Waals surface area contributed by atoms with Crippen LogP contribution in [-0.2, 0) is 6.42 Å². The van der Waals surface area contributed by atoms with Gasteiger partial charge in [0.1, 0.15) is 11.9 Å². The van der Waals surface area contributed by atoms with Gasteiger partial charge in [0, 0.05) is 39.0 Å². The first-order chi connectivity index (χ1) is 15.6. The Morgan fingerprint density at radius 1 is 1.12 bits per heavy atom. The predicted molar refractivity (Wildman–Crippen MR) is 136 cm³/mol. The van der Waals surface area contributed by atoms with E-state index in [9.17, 15) is 8.78 Å². The SMILES string of the molecule is CCNC(=NCCc1ccc(OC)c(OC(F)F)c1)N1CCC(Oc2ccccc2)CC1.I. The van der Waals surface area contributed by atoms with Crippen molar-refractivity contribution in [1.29, 1.82) is 0 Å². The van der Waals surface area contributed by atoms with Gasteiger partial charge in [-0.05, 0) is 43.2 Å². The minimum absolute atomic E-state index is 0. The second kappa shape index (κ2) is 14.1. The van der Waals surface area contributed by atoms with Crippen molar-refractivity contribution < 1.29 is 23.0 Å². The lowest BCUT2D eigenvalue weighted by Crippen LogP contribution is -2.47. The molecule has 0 aliphatic carbocycles. The highest BCUT2D eigenvalue weighted by Crippen LogP contribution is 2.29. The largest absolute Gasteiger partial charge is 0.493 e. The smallest absolute Gasteiger partial charge is 0.387 e. The molecule has 182 valence electrons. The zero-order valence-corrected chi connectivity index (χ0v) is 21.3. The van der Waals surface area contributed by atoms with Crippen LogP contribution in [0, 0.1) is 0 Å². The van der Waals surface area contributed by atoms with Gasteiger partial charge in [-0.25, -0.2) is 0 Å². The normalized spacial score (nSPS) is 14.6. The lowest BCUT2D eigenvalue weighted by Gasteiger charge is -2.34. The van der Waals surface area contributed by atoms with Gasteiger partial charge in [-0.15, -0.1) is 24.0 Å². The summed E-state index contributed by atoms with van der Waals surface area (Å²) in [6, 6.07) is 15.0. The van der Waals surface area contributed by atoms with E-state index in [0.29, 0.717) is 13.0 Å². The summed E-state index contributed by atoms with van der Waals surface area (Å²) in [5.74, 6) is 2.09. The Morgan fingerprint density at radius 2 is 1.85 bits per heavy atom. The molecule has 0 spiro atoms. The summed E-state index contributed by atoms with van der Waals surface area (Å²) in [6.07, 6.45) is 2.65. The maximum atomic E-state index is 12.6. The van der Waals surface area contributed by atoms with E-state index in [1.165, 1.54) is 7.11 Å². The van der Waals surface area contributed by atoms with Gasteiger partial charge in [0.25, 0.3) is 0 Å². The van der Waals surface area contributed by atoms with E-state index in [-0.39, 0.29) is 41.6 Å². The first-order valence-corrected chi connectivity index (χ1v) is 11.0. The molecule has 9 heteroatoms. The maximum Gasteiger partial charge on any atom is 0.387 e. The third-order valence-electron chi connectivity index (χ3n) is 5.23. The molecule has 1 fully saturated rings. The lowest BCUT2D eigenvalue weighted by molar-refractivity contribution is -0.0512. The number of piperidine rings is 1. The summed E-state index contributed by atoms with van der Waals surface area (Å²) in [5, 5.41) is 3.35. The molecule has 0 atom stereocenters. The molecule has 2 aromatic rings. The van der Waals surface area contributed by atoms with Crippen LogP contribution in [0.1, 0.15) is 25.3 Å². The lowest BCUT2D eigenvalue weighted by atomic mass is 10.1. The number of likely N-dealkylation sites (tertiary alicyclic amines) is 1. The third kappa shape index (κ3) is 8.53. The minimum atomic E-state index is -2.90. The van der Waals surface area contributed by atoms with Crippen LogP contribution >= 0.6 is 24.0 Å². The summed E-state index contributed by atoms with van der Waals surface area (Å²) in [7, 11) is 1.42. The van der Waals surface area contributed by atoms with Crippen LogP contribution in [0.15, 0.2) is 53.5 Å². The first-order valence-electron chi connectivity index (χ1n) is 11.0. The van der Waals surface area contributed by atoms with Crippen LogP contribution in [0.5, 0.6) is 17.2 Å². The monoisotopic (exact) mass is 575 g/mol. The molecule has 1 saturated heterocycles. The number of aliphatic imine (C=N–C) groups is 1. The third-order valence-corrected chi connectivity index (χ3v) is 5.23. The van der Waals surface area contributed by atoms with Crippen molar-refractivity contribution in [3.8, 4) is 17.2 Å². The number of alkyl halides is 2. The fraction of sp³-hybridized carbons (Fsp3) is 0.458. The van der Waals surface area contributed by atoms with Gasteiger partial charge in [-0.3, -0.25) is 4.99 Å². The van der Waals surface area contributed by atoms with Gasteiger partial charge in [0.15, 0.2) is 17.5 Å². The number of guanidine groups is 1. The zero-order chi connectivity index (χ0) is 22.8. The second-order valence-corrected chi connectivity index (χ2v) is 7.47. The number of ether oxygens (including phenoxy) is 3. The highest BCUT2D eigenvalue weighted by atomic mass is 127. The summed E-state index contributed by atoms with van der Waals surface area (Å²) >= 11 is 0. The van der Waals surface area contributed by atoms with E-state index in [2.05, 4.69) is 15.0 Å². The molecule has 0 aromatic heterocycles. The molecule has 1 aliphatic rings. The number of nitrogens with zero attached hydrogens (tertiary/aromatic N) is 2. The molecule has 1 heterocycles. The van der Waals surface area contributed by atoms with Crippen molar-refractivity contribution in [2.24, 2.45) is 4.99 Å². The number of hydrogen-bond donors (Lipinski definition) is 1. The summed E-state index contributed by atoms with van der Waals surface area (Å²) < 4.78 is 41.0. The Labute approximate surface area is 211 Å². The fourth-order valence-electron chi connectivity index (χ4n) is 3.66. The average Bonchev–Trinajstić information content (AvgIpc) is 2.80. The van der Waals surface area contributed by atoms with Crippen molar-refractivity contribution in [2.45, 2.75) is 38.9 Å². The summed E-state index contributed by atoms with van der Waals surface area (Å²) in [4.78, 5) is 6.99. The first kappa shape index (κ1) is 26.9. The Kier molecular flexibility index (Phi) is 11.5.